The number of nitrogens with one attached hydrogen (secondary N) is 1. The molecule has 0 atom stereocenters. The van der Waals surface area contributed by atoms with E-state index in [1.54, 1.807) is 0 Å². The highest BCUT2D eigenvalue weighted by Crippen LogP contribution is 2.23. The third-order valence-corrected chi connectivity index (χ3v) is 4.70. The molecule has 0 aliphatic heterocycles. The van der Waals surface area contributed by atoms with E-state index in [-0.39, 0.29) is 0 Å². The molecule has 0 unspecified atom stereocenters. The monoisotopic (exact) mass is 335 g/mol. The molecule has 2 heteroatoms. The zero-order valence-corrected chi connectivity index (χ0v) is 15.3. The van der Waals surface area contributed by atoms with Crippen LogP contribution < -0.4 is 4.74 Å². The van der Waals surface area contributed by atoms with Gasteiger partial charge in [-0.2, -0.15) is 0 Å². The first-order chi connectivity index (χ1) is 12.3. The molecule has 0 amide bonds. The Morgan fingerprint density at radius 2 is 1.64 bits per heavy atom. The molecule has 0 radical (unpaired) electrons. The van der Waals surface area contributed by atoms with Gasteiger partial charge in [0.1, 0.15) is 12.4 Å². The van der Waals surface area contributed by atoms with Crippen LogP contribution in [0.15, 0.2) is 54.6 Å². The van der Waals surface area contributed by atoms with E-state index in [1.165, 1.54) is 60.7 Å². The summed E-state index contributed by atoms with van der Waals surface area (Å²) in [6, 6.07) is 18.9. The summed E-state index contributed by atoms with van der Waals surface area (Å²) in [7, 11) is 0. The zero-order chi connectivity index (χ0) is 17.3. The van der Waals surface area contributed by atoms with Gasteiger partial charge in [-0.25, -0.2) is 0 Å². The molecule has 2 aromatic carbocycles. The minimum Gasteiger partial charge on any atom is -0.489 e. The van der Waals surface area contributed by atoms with Crippen LogP contribution in [0.3, 0.4) is 0 Å². The largest absolute Gasteiger partial charge is 0.489 e. The number of aromatic nitrogens is 1. The van der Waals surface area contributed by atoms with Gasteiger partial charge >= 0.3 is 0 Å². The van der Waals surface area contributed by atoms with Crippen molar-refractivity contribution in [3.63, 3.8) is 0 Å². The second-order valence-electron chi connectivity index (χ2n) is 6.84. The summed E-state index contributed by atoms with van der Waals surface area (Å²) >= 11 is 0. The van der Waals surface area contributed by atoms with E-state index in [0.717, 1.165) is 12.2 Å². The van der Waals surface area contributed by atoms with Gasteiger partial charge in [0.25, 0.3) is 0 Å². The first kappa shape index (κ1) is 17.6. The van der Waals surface area contributed by atoms with Gasteiger partial charge < -0.3 is 9.72 Å². The fraction of sp³-hybridized carbons (Fsp3) is 0.391. The first-order valence-corrected chi connectivity index (χ1v) is 9.63. The van der Waals surface area contributed by atoms with Gasteiger partial charge in [-0.3, -0.25) is 0 Å². The molecule has 1 heterocycles. The predicted octanol–water partition coefficient (Wildman–Crippen LogP) is 6.65. The van der Waals surface area contributed by atoms with E-state index in [4.69, 9.17) is 4.74 Å². The number of hydrogen-bond donors (Lipinski definition) is 1. The maximum atomic E-state index is 5.93. The highest BCUT2D eigenvalue weighted by molar-refractivity contribution is 5.81. The summed E-state index contributed by atoms with van der Waals surface area (Å²) in [4.78, 5) is 3.54. The normalized spacial score (nSPS) is 11.1. The van der Waals surface area contributed by atoms with Crippen molar-refractivity contribution in [1.82, 2.24) is 4.98 Å². The SMILES string of the molecule is CCCCCCCCc1cc2cc(OCc3ccccc3)ccc2[nH]1. The van der Waals surface area contributed by atoms with Gasteiger partial charge in [-0.1, -0.05) is 69.4 Å². The maximum Gasteiger partial charge on any atom is 0.120 e. The summed E-state index contributed by atoms with van der Waals surface area (Å²) in [6.45, 7) is 2.88. The van der Waals surface area contributed by atoms with E-state index >= 15 is 0 Å². The molecule has 0 aliphatic carbocycles. The number of H-pyrrole nitrogens is 1. The standard InChI is InChI=1S/C23H29NO/c1-2-3-4-5-6-10-13-21-16-20-17-22(14-15-23(20)24-21)25-18-19-11-8-7-9-12-19/h7-9,11-12,14-17,24H,2-6,10,13,18H2,1H3. The van der Waals surface area contributed by atoms with Gasteiger partial charge in [0.05, 0.1) is 0 Å². The topological polar surface area (TPSA) is 25.0 Å². The summed E-state index contributed by atoms with van der Waals surface area (Å²) in [6.07, 6.45) is 9.18. The van der Waals surface area contributed by atoms with E-state index in [0.29, 0.717) is 6.61 Å². The van der Waals surface area contributed by atoms with Crippen molar-refractivity contribution in [1.29, 1.82) is 0 Å². The van der Waals surface area contributed by atoms with Crippen LogP contribution in [-0.2, 0) is 13.0 Å². The molecule has 0 saturated carbocycles. The second-order valence-corrected chi connectivity index (χ2v) is 6.84. The fourth-order valence-corrected chi connectivity index (χ4v) is 3.23. The van der Waals surface area contributed by atoms with Crippen LogP contribution in [0.5, 0.6) is 5.75 Å². The third-order valence-electron chi connectivity index (χ3n) is 4.70. The molecular weight excluding hydrogens is 306 g/mol. The van der Waals surface area contributed by atoms with E-state index < -0.39 is 0 Å². The number of benzene rings is 2. The van der Waals surface area contributed by atoms with E-state index in [9.17, 15) is 0 Å². The molecule has 3 aromatic rings. The molecule has 0 fully saturated rings. The highest BCUT2D eigenvalue weighted by atomic mass is 16.5. The van der Waals surface area contributed by atoms with Crippen LogP contribution in [-0.4, -0.2) is 4.98 Å². The Balaban J connectivity index is 1.52. The molecular formula is C23H29NO. The molecule has 1 aromatic heterocycles. The van der Waals surface area contributed by atoms with E-state index in [1.807, 2.05) is 18.2 Å². The summed E-state index contributed by atoms with van der Waals surface area (Å²) < 4.78 is 5.93. The second kappa shape index (κ2) is 9.31. The molecule has 0 aliphatic rings. The molecule has 0 saturated heterocycles. The van der Waals surface area contributed by atoms with Crippen molar-refractivity contribution in [2.24, 2.45) is 0 Å². The Hall–Kier alpha value is -2.22. The van der Waals surface area contributed by atoms with Crippen LogP contribution in [0.2, 0.25) is 0 Å². The Morgan fingerprint density at radius 1 is 0.840 bits per heavy atom. The lowest BCUT2D eigenvalue weighted by atomic mass is 10.1. The molecule has 0 bridgehead atoms. The van der Waals surface area contributed by atoms with Gasteiger partial charge in [0.15, 0.2) is 0 Å². The number of hydrogen-bond acceptors (Lipinski definition) is 1. The highest BCUT2D eigenvalue weighted by Gasteiger charge is 2.03. The number of rotatable bonds is 10. The van der Waals surface area contributed by atoms with Crippen molar-refractivity contribution in [3.8, 4) is 5.75 Å². The van der Waals surface area contributed by atoms with Crippen molar-refractivity contribution in [2.75, 3.05) is 0 Å². The van der Waals surface area contributed by atoms with Crippen LogP contribution in [0.25, 0.3) is 10.9 Å². The lowest BCUT2D eigenvalue weighted by Gasteiger charge is -2.06. The summed E-state index contributed by atoms with van der Waals surface area (Å²) in [5.74, 6) is 0.932. The van der Waals surface area contributed by atoms with Gasteiger partial charge in [-0.15, -0.1) is 0 Å². The smallest absolute Gasteiger partial charge is 0.120 e. The minimum absolute atomic E-state index is 0.612. The summed E-state index contributed by atoms with van der Waals surface area (Å²) in [5.41, 5.74) is 3.74. The maximum absolute atomic E-state index is 5.93. The average Bonchev–Trinajstić information content (AvgIpc) is 3.06. The summed E-state index contributed by atoms with van der Waals surface area (Å²) in [5, 5.41) is 1.24. The van der Waals surface area contributed by atoms with Crippen LogP contribution in [0, 0.1) is 0 Å². The van der Waals surface area contributed by atoms with Crippen LogP contribution >= 0.6 is 0 Å². The van der Waals surface area contributed by atoms with Gasteiger partial charge in [0, 0.05) is 16.6 Å². The predicted molar refractivity (Wildman–Crippen MR) is 106 cm³/mol. The Bertz CT molecular complexity index is 760. The molecule has 1 N–H and O–H groups in total. The fourth-order valence-electron chi connectivity index (χ4n) is 3.23. The average molecular weight is 335 g/mol. The van der Waals surface area contributed by atoms with Crippen LogP contribution in [0.4, 0.5) is 0 Å². The van der Waals surface area contributed by atoms with Crippen molar-refractivity contribution < 1.29 is 4.74 Å². The Morgan fingerprint density at radius 3 is 2.48 bits per heavy atom. The van der Waals surface area contributed by atoms with Crippen molar-refractivity contribution in [2.45, 2.75) is 58.5 Å². The van der Waals surface area contributed by atoms with Crippen LogP contribution in [0.1, 0.15) is 56.7 Å². The first-order valence-electron chi connectivity index (χ1n) is 9.63. The number of ether oxygens (including phenoxy) is 1. The quantitative estimate of drug-likeness (QED) is 0.412. The molecule has 132 valence electrons. The third kappa shape index (κ3) is 5.38. The number of aromatic amines is 1. The van der Waals surface area contributed by atoms with Gasteiger partial charge in [0.2, 0.25) is 0 Å². The number of fused-ring (bicyclic) bond motifs is 1. The van der Waals surface area contributed by atoms with E-state index in [2.05, 4.69) is 48.3 Å². The minimum atomic E-state index is 0.612. The molecule has 3 rings (SSSR count). The number of unbranched alkanes of at least 4 members (excludes halogenated alkanes) is 5. The molecule has 25 heavy (non-hydrogen) atoms. The Kier molecular flexibility index (Phi) is 6.55. The van der Waals surface area contributed by atoms with Crippen molar-refractivity contribution in [3.05, 3.63) is 65.9 Å². The number of aryl methyl sites for hydroxylation is 1. The molecule has 0 spiro atoms. The molecule has 2 nitrogen and oxygen atoms in total. The lowest BCUT2D eigenvalue weighted by Crippen LogP contribution is -1.94. The Labute approximate surface area is 151 Å². The van der Waals surface area contributed by atoms with Gasteiger partial charge in [-0.05, 0) is 42.7 Å². The lowest BCUT2D eigenvalue weighted by molar-refractivity contribution is 0.306. The van der Waals surface area contributed by atoms with Crippen molar-refractivity contribution >= 4 is 10.9 Å². The zero-order valence-electron chi connectivity index (χ0n) is 15.3.